The van der Waals surface area contributed by atoms with Crippen LogP contribution in [0.5, 0.6) is 11.5 Å². The standard InChI is InChI=1S/C31H50O4/c1-10-11-12-13-19-30(5,6)25-20-27(32)26(18-17-24(4)16-14-15-23(2)3)28(21-25)35-22-31(7,8)29(33)34-9/h15,17,20-21,32H,10-14,16,18-19,22H2,1-9H3. The number of aromatic hydroxyl groups is 1. The zero-order valence-electron chi connectivity index (χ0n) is 23.8. The Balaban J connectivity index is 3.24. The van der Waals surface area contributed by atoms with Gasteiger partial charge in [0.05, 0.1) is 12.5 Å². The molecule has 0 saturated carbocycles. The summed E-state index contributed by atoms with van der Waals surface area (Å²) >= 11 is 0. The van der Waals surface area contributed by atoms with Crippen molar-refractivity contribution in [3.05, 3.63) is 46.6 Å². The number of unbranched alkanes of at least 4 members (excludes halogenated alkanes) is 3. The lowest BCUT2D eigenvalue weighted by Crippen LogP contribution is -2.32. The highest BCUT2D eigenvalue weighted by Crippen LogP contribution is 2.39. The molecule has 0 aromatic heterocycles. The van der Waals surface area contributed by atoms with Crippen molar-refractivity contribution in [3.8, 4) is 11.5 Å². The van der Waals surface area contributed by atoms with E-state index >= 15 is 0 Å². The van der Waals surface area contributed by atoms with Crippen LogP contribution in [0.3, 0.4) is 0 Å². The molecule has 1 rings (SSSR count). The minimum absolute atomic E-state index is 0.0875. The van der Waals surface area contributed by atoms with Gasteiger partial charge in [-0.15, -0.1) is 0 Å². The van der Waals surface area contributed by atoms with Crippen LogP contribution in [-0.2, 0) is 21.4 Å². The second-order valence-corrected chi connectivity index (χ2v) is 11.4. The molecule has 35 heavy (non-hydrogen) atoms. The Kier molecular flexibility index (Phi) is 12.6. The molecule has 1 N–H and O–H groups in total. The molecule has 0 amide bonds. The van der Waals surface area contributed by atoms with Crippen molar-refractivity contribution >= 4 is 5.97 Å². The van der Waals surface area contributed by atoms with E-state index in [9.17, 15) is 9.90 Å². The lowest BCUT2D eigenvalue weighted by molar-refractivity contribution is -0.152. The van der Waals surface area contributed by atoms with E-state index in [1.807, 2.05) is 19.9 Å². The van der Waals surface area contributed by atoms with Gasteiger partial charge in [0.1, 0.15) is 18.1 Å². The van der Waals surface area contributed by atoms with Gasteiger partial charge in [-0.25, -0.2) is 0 Å². The molecule has 0 radical (unpaired) electrons. The third-order valence-electron chi connectivity index (χ3n) is 6.69. The fraction of sp³-hybridized carbons (Fsp3) is 0.645. The molecule has 0 aliphatic rings. The summed E-state index contributed by atoms with van der Waals surface area (Å²) in [5.41, 5.74) is 3.55. The number of esters is 1. The second-order valence-electron chi connectivity index (χ2n) is 11.4. The van der Waals surface area contributed by atoms with E-state index in [0.29, 0.717) is 12.2 Å². The van der Waals surface area contributed by atoms with Gasteiger partial charge in [0.25, 0.3) is 0 Å². The van der Waals surface area contributed by atoms with Crippen LogP contribution in [-0.4, -0.2) is 24.8 Å². The highest BCUT2D eigenvalue weighted by atomic mass is 16.5. The fourth-order valence-corrected chi connectivity index (χ4v) is 4.05. The van der Waals surface area contributed by atoms with Crippen molar-refractivity contribution in [1.82, 2.24) is 0 Å². The molecule has 4 heteroatoms. The summed E-state index contributed by atoms with van der Waals surface area (Å²) in [6.45, 7) is 16.8. The largest absolute Gasteiger partial charge is 0.508 e. The van der Waals surface area contributed by atoms with Crippen molar-refractivity contribution in [1.29, 1.82) is 0 Å². The van der Waals surface area contributed by atoms with Crippen molar-refractivity contribution in [3.63, 3.8) is 0 Å². The quantitative estimate of drug-likeness (QED) is 0.153. The number of rotatable bonds is 15. The molecule has 0 fully saturated rings. The van der Waals surface area contributed by atoms with E-state index in [1.165, 1.54) is 37.5 Å². The predicted octanol–water partition coefficient (Wildman–Crippen LogP) is 8.45. The van der Waals surface area contributed by atoms with Gasteiger partial charge in [-0.05, 0) is 83.4 Å². The Bertz CT molecular complexity index is 870. The van der Waals surface area contributed by atoms with Crippen LogP contribution in [0, 0.1) is 5.41 Å². The Morgan fingerprint density at radius 3 is 2.31 bits per heavy atom. The lowest BCUT2D eigenvalue weighted by atomic mass is 9.79. The maximum Gasteiger partial charge on any atom is 0.314 e. The average molecular weight is 487 g/mol. The van der Waals surface area contributed by atoms with Gasteiger partial charge in [-0.1, -0.05) is 69.8 Å². The number of hydrogen-bond donors (Lipinski definition) is 1. The molecular formula is C31H50O4. The maximum atomic E-state index is 12.2. The average Bonchev–Trinajstić information content (AvgIpc) is 2.78. The van der Waals surface area contributed by atoms with Crippen LogP contribution in [0.25, 0.3) is 0 Å². The van der Waals surface area contributed by atoms with Crippen LogP contribution in [0.2, 0.25) is 0 Å². The summed E-state index contributed by atoms with van der Waals surface area (Å²) in [6.07, 6.45) is 12.9. The van der Waals surface area contributed by atoms with Gasteiger partial charge >= 0.3 is 5.97 Å². The first kappa shape index (κ1) is 30.8. The zero-order valence-corrected chi connectivity index (χ0v) is 23.8. The number of carbonyl (C=O) groups excluding carboxylic acids is 1. The van der Waals surface area contributed by atoms with E-state index < -0.39 is 5.41 Å². The highest BCUT2D eigenvalue weighted by Gasteiger charge is 2.31. The number of carbonyl (C=O) groups is 1. The SMILES string of the molecule is CCCCCCC(C)(C)c1cc(O)c(CC=C(C)CCC=C(C)C)c(OCC(C)(C)C(=O)OC)c1. The number of methoxy groups -OCH3 is 1. The summed E-state index contributed by atoms with van der Waals surface area (Å²) in [5.74, 6) is 0.584. The summed E-state index contributed by atoms with van der Waals surface area (Å²) in [7, 11) is 1.39. The number of phenolic OH excluding ortho intramolecular Hbond substituents is 1. The fourth-order valence-electron chi connectivity index (χ4n) is 4.05. The van der Waals surface area contributed by atoms with Gasteiger partial charge in [0.2, 0.25) is 0 Å². The van der Waals surface area contributed by atoms with E-state index in [-0.39, 0.29) is 23.7 Å². The molecule has 198 valence electrons. The summed E-state index contributed by atoms with van der Waals surface area (Å²) in [6, 6.07) is 3.97. The van der Waals surface area contributed by atoms with Crippen molar-refractivity contribution in [2.45, 2.75) is 112 Å². The third kappa shape index (κ3) is 10.5. The number of allylic oxidation sites excluding steroid dienone is 4. The molecule has 0 heterocycles. The van der Waals surface area contributed by atoms with E-state index in [4.69, 9.17) is 9.47 Å². The summed E-state index contributed by atoms with van der Waals surface area (Å²) < 4.78 is 11.2. The molecule has 0 unspecified atom stereocenters. The lowest BCUT2D eigenvalue weighted by Gasteiger charge is -2.28. The number of ether oxygens (including phenoxy) is 2. The summed E-state index contributed by atoms with van der Waals surface area (Å²) in [4.78, 5) is 12.2. The molecule has 4 nitrogen and oxygen atoms in total. The molecule has 0 aliphatic heterocycles. The molecular weight excluding hydrogens is 436 g/mol. The Morgan fingerprint density at radius 1 is 1.03 bits per heavy atom. The van der Waals surface area contributed by atoms with E-state index in [0.717, 1.165) is 36.8 Å². The first-order valence-electron chi connectivity index (χ1n) is 13.2. The molecule has 1 aromatic carbocycles. The molecule has 0 saturated heterocycles. The van der Waals surface area contributed by atoms with Crippen LogP contribution in [0.1, 0.15) is 111 Å². The molecule has 1 aromatic rings. The Morgan fingerprint density at radius 2 is 1.71 bits per heavy atom. The minimum atomic E-state index is -0.788. The van der Waals surface area contributed by atoms with Crippen LogP contribution >= 0.6 is 0 Å². The first-order valence-corrected chi connectivity index (χ1v) is 13.2. The summed E-state index contributed by atoms with van der Waals surface area (Å²) in [5, 5.41) is 11.1. The minimum Gasteiger partial charge on any atom is -0.508 e. The maximum absolute atomic E-state index is 12.2. The predicted molar refractivity (Wildman–Crippen MR) is 147 cm³/mol. The molecule has 0 atom stereocenters. The monoisotopic (exact) mass is 486 g/mol. The highest BCUT2D eigenvalue weighted by molar-refractivity contribution is 5.76. The smallest absolute Gasteiger partial charge is 0.314 e. The zero-order chi connectivity index (χ0) is 26.6. The number of benzene rings is 1. The molecule has 0 aliphatic carbocycles. The van der Waals surface area contributed by atoms with Gasteiger partial charge in [0.15, 0.2) is 0 Å². The van der Waals surface area contributed by atoms with Gasteiger partial charge in [-0.3, -0.25) is 4.79 Å². The Labute approximate surface area is 214 Å². The third-order valence-corrected chi connectivity index (χ3v) is 6.69. The first-order chi connectivity index (χ1) is 16.3. The van der Waals surface area contributed by atoms with E-state index in [2.05, 4.69) is 59.8 Å². The van der Waals surface area contributed by atoms with Gasteiger partial charge in [0, 0.05) is 5.56 Å². The van der Waals surface area contributed by atoms with Crippen LogP contribution in [0.15, 0.2) is 35.4 Å². The van der Waals surface area contributed by atoms with Crippen molar-refractivity contribution < 1.29 is 19.4 Å². The number of phenols is 1. The van der Waals surface area contributed by atoms with Crippen LogP contribution in [0.4, 0.5) is 0 Å². The topological polar surface area (TPSA) is 55.8 Å². The van der Waals surface area contributed by atoms with E-state index in [1.54, 1.807) is 0 Å². The normalized spacial score (nSPS) is 12.4. The van der Waals surface area contributed by atoms with Crippen LogP contribution < -0.4 is 4.74 Å². The van der Waals surface area contributed by atoms with Gasteiger partial charge in [-0.2, -0.15) is 0 Å². The Hall–Kier alpha value is -2.23. The van der Waals surface area contributed by atoms with Crippen molar-refractivity contribution in [2.24, 2.45) is 5.41 Å². The van der Waals surface area contributed by atoms with Gasteiger partial charge < -0.3 is 14.6 Å². The number of hydrogen-bond acceptors (Lipinski definition) is 4. The molecule has 0 spiro atoms. The van der Waals surface area contributed by atoms with Crippen molar-refractivity contribution in [2.75, 3.05) is 13.7 Å². The molecule has 0 bridgehead atoms. The second kappa shape index (κ2) is 14.4.